The molecule has 1 aromatic rings. The zero-order valence-corrected chi connectivity index (χ0v) is 12.4. The number of nitrogens with two attached hydrogens (primary N) is 1. The van der Waals surface area contributed by atoms with Crippen molar-refractivity contribution in [1.29, 1.82) is 0 Å². The minimum Gasteiger partial charge on any atom is -0.392 e. The Morgan fingerprint density at radius 1 is 1.15 bits per heavy atom. The summed E-state index contributed by atoms with van der Waals surface area (Å²) in [6.45, 7) is 3.91. The zero-order chi connectivity index (χ0) is 14.4. The van der Waals surface area contributed by atoms with Crippen molar-refractivity contribution in [2.75, 3.05) is 32.7 Å². The lowest BCUT2D eigenvalue weighted by Gasteiger charge is -2.34. The first-order valence-electron chi connectivity index (χ1n) is 6.97. The van der Waals surface area contributed by atoms with Crippen molar-refractivity contribution in [2.45, 2.75) is 12.8 Å². The van der Waals surface area contributed by atoms with Gasteiger partial charge in [-0.3, -0.25) is 9.69 Å². The van der Waals surface area contributed by atoms with E-state index < -0.39 is 0 Å². The number of piperazine rings is 1. The van der Waals surface area contributed by atoms with Crippen LogP contribution in [0.4, 0.5) is 0 Å². The van der Waals surface area contributed by atoms with E-state index in [2.05, 4.69) is 17.0 Å². The summed E-state index contributed by atoms with van der Waals surface area (Å²) in [5.41, 5.74) is 6.75. The van der Waals surface area contributed by atoms with Crippen molar-refractivity contribution in [1.82, 2.24) is 9.80 Å². The maximum atomic E-state index is 12.2. The van der Waals surface area contributed by atoms with Gasteiger partial charge in [0.25, 0.3) is 0 Å². The van der Waals surface area contributed by atoms with Gasteiger partial charge in [0.05, 0.1) is 4.99 Å². The average molecular weight is 291 g/mol. The van der Waals surface area contributed by atoms with Gasteiger partial charge in [0.15, 0.2) is 0 Å². The first kappa shape index (κ1) is 14.9. The van der Waals surface area contributed by atoms with E-state index in [1.165, 1.54) is 5.56 Å². The molecule has 4 nitrogen and oxygen atoms in total. The number of benzene rings is 1. The highest BCUT2D eigenvalue weighted by atomic mass is 32.1. The molecule has 2 N–H and O–H groups in total. The van der Waals surface area contributed by atoms with Gasteiger partial charge in [-0.1, -0.05) is 42.5 Å². The fraction of sp³-hybridized carbons (Fsp3) is 0.467. The number of carbonyl (C=O) groups excluding carboxylic acids is 1. The minimum atomic E-state index is 0.240. The van der Waals surface area contributed by atoms with Crippen LogP contribution < -0.4 is 5.73 Å². The molecule has 0 saturated carbocycles. The van der Waals surface area contributed by atoms with Crippen LogP contribution in [0.5, 0.6) is 0 Å². The molecular weight excluding hydrogens is 270 g/mol. The molecule has 0 atom stereocenters. The summed E-state index contributed by atoms with van der Waals surface area (Å²) in [7, 11) is 0. The summed E-state index contributed by atoms with van der Waals surface area (Å²) < 4.78 is 0. The Labute approximate surface area is 125 Å². The number of hydrogen-bond donors (Lipinski definition) is 1. The molecule has 0 aromatic heterocycles. The molecular formula is C15H21N3OS. The fourth-order valence-electron chi connectivity index (χ4n) is 2.43. The van der Waals surface area contributed by atoms with E-state index >= 15 is 0 Å². The van der Waals surface area contributed by atoms with Gasteiger partial charge < -0.3 is 10.6 Å². The number of nitrogens with zero attached hydrogens (tertiary/aromatic N) is 2. The first-order valence-corrected chi connectivity index (χ1v) is 7.38. The van der Waals surface area contributed by atoms with Gasteiger partial charge in [0.2, 0.25) is 5.91 Å². The van der Waals surface area contributed by atoms with Crippen LogP contribution >= 0.6 is 12.2 Å². The quantitative estimate of drug-likeness (QED) is 0.824. The summed E-state index contributed by atoms with van der Waals surface area (Å²) in [6.07, 6.45) is 1.39. The number of carbonyl (C=O) groups is 1. The van der Waals surface area contributed by atoms with E-state index in [0.29, 0.717) is 18.0 Å². The minimum absolute atomic E-state index is 0.240. The van der Waals surface area contributed by atoms with Gasteiger partial charge >= 0.3 is 0 Å². The van der Waals surface area contributed by atoms with Crippen molar-refractivity contribution < 1.29 is 4.79 Å². The Balaban J connectivity index is 1.73. The Kier molecular flexibility index (Phi) is 5.49. The normalized spacial score (nSPS) is 16.1. The van der Waals surface area contributed by atoms with Crippen LogP contribution in [-0.2, 0) is 11.2 Å². The van der Waals surface area contributed by atoms with Gasteiger partial charge in [0, 0.05) is 39.1 Å². The third kappa shape index (κ3) is 4.58. The second-order valence-corrected chi connectivity index (χ2v) is 5.63. The number of amides is 1. The molecule has 0 unspecified atom stereocenters. The summed E-state index contributed by atoms with van der Waals surface area (Å²) in [5.74, 6) is 0.240. The molecule has 20 heavy (non-hydrogen) atoms. The molecule has 0 aliphatic carbocycles. The monoisotopic (exact) mass is 291 g/mol. The van der Waals surface area contributed by atoms with Crippen LogP contribution in [0.15, 0.2) is 30.3 Å². The zero-order valence-electron chi connectivity index (χ0n) is 11.6. The van der Waals surface area contributed by atoms with Gasteiger partial charge in [-0.15, -0.1) is 0 Å². The summed E-state index contributed by atoms with van der Waals surface area (Å²) in [6, 6.07) is 10.1. The molecule has 5 heteroatoms. The maximum absolute atomic E-state index is 12.2. The molecule has 1 aliphatic rings. The van der Waals surface area contributed by atoms with Gasteiger partial charge in [-0.2, -0.15) is 0 Å². The summed E-state index contributed by atoms with van der Waals surface area (Å²) in [5, 5.41) is 0. The summed E-state index contributed by atoms with van der Waals surface area (Å²) >= 11 is 4.91. The van der Waals surface area contributed by atoms with E-state index in [9.17, 15) is 4.79 Å². The standard InChI is InChI=1S/C15H21N3OS/c16-14(20)12-17-8-10-18(11-9-17)15(19)7-6-13-4-2-1-3-5-13/h1-5H,6-12H2,(H2,16,20). The molecule has 1 saturated heterocycles. The van der Waals surface area contributed by atoms with Crippen LogP contribution in [0.1, 0.15) is 12.0 Å². The van der Waals surface area contributed by atoms with Crippen LogP contribution in [0.3, 0.4) is 0 Å². The predicted octanol–water partition coefficient (Wildman–Crippen LogP) is 1.05. The molecule has 2 rings (SSSR count). The molecule has 1 aliphatic heterocycles. The van der Waals surface area contributed by atoms with E-state index in [1.54, 1.807) is 0 Å². The van der Waals surface area contributed by atoms with Crippen molar-refractivity contribution >= 4 is 23.1 Å². The van der Waals surface area contributed by atoms with E-state index in [-0.39, 0.29) is 5.91 Å². The molecule has 1 aromatic carbocycles. The van der Waals surface area contributed by atoms with Crippen molar-refractivity contribution in [2.24, 2.45) is 5.73 Å². The number of hydrogen-bond acceptors (Lipinski definition) is 3. The Morgan fingerprint density at radius 3 is 2.40 bits per heavy atom. The van der Waals surface area contributed by atoms with Crippen LogP contribution in [0.2, 0.25) is 0 Å². The Bertz CT molecular complexity index is 455. The topological polar surface area (TPSA) is 49.6 Å². The highest BCUT2D eigenvalue weighted by Crippen LogP contribution is 2.07. The lowest BCUT2D eigenvalue weighted by atomic mass is 10.1. The third-order valence-corrected chi connectivity index (χ3v) is 3.70. The number of rotatable bonds is 5. The van der Waals surface area contributed by atoms with Crippen molar-refractivity contribution in [3.8, 4) is 0 Å². The molecule has 1 fully saturated rings. The fourth-order valence-corrected chi connectivity index (χ4v) is 2.61. The lowest BCUT2D eigenvalue weighted by molar-refractivity contribution is -0.132. The molecule has 0 spiro atoms. The largest absolute Gasteiger partial charge is 0.392 e. The third-order valence-electron chi connectivity index (χ3n) is 3.57. The van der Waals surface area contributed by atoms with E-state index in [1.807, 2.05) is 23.1 Å². The highest BCUT2D eigenvalue weighted by molar-refractivity contribution is 7.80. The lowest BCUT2D eigenvalue weighted by Crippen LogP contribution is -2.50. The number of aryl methyl sites for hydroxylation is 1. The molecule has 0 radical (unpaired) electrons. The molecule has 1 heterocycles. The first-order chi connectivity index (χ1) is 9.65. The molecule has 1 amide bonds. The van der Waals surface area contributed by atoms with Crippen LogP contribution in [0.25, 0.3) is 0 Å². The smallest absolute Gasteiger partial charge is 0.222 e. The van der Waals surface area contributed by atoms with Crippen LogP contribution in [0, 0.1) is 0 Å². The Hall–Kier alpha value is -1.46. The van der Waals surface area contributed by atoms with Crippen molar-refractivity contribution in [3.05, 3.63) is 35.9 Å². The Morgan fingerprint density at radius 2 is 1.80 bits per heavy atom. The van der Waals surface area contributed by atoms with Gasteiger partial charge in [0.1, 0.15) is 0 Å². The second-order valence-electron chi connectivity index (χ2n) is 5.11. The number of thiocarbonyl (C=S) groups is 1. The molecule has 108 valence electrons. The van der Waals surface area contributed by atoms with Crippen molar-refractivity contribution in [3.63, 3.8) is 0 Å². The molecule has 0 bridgehead atoms. The second kappa shape index (κ2) is 7.36. The van der Waals surface area contributed by atoms with Crippen LogP contribution in [-0.4, -0.2) is 53.4 Å². The van der Waals surface area contributed by atoms with Gasteiger partial charge in [-0.25, -0.2) is 0 Å². The highest BCUT2D eigenvalue weighted by Gasteiger charge is 2.20. The van der Waals surface area contributed by atoms with E-state index in [0.717, 1.165) is 32.6 Å². The average Bonchev–Trinajstić information content (AvgIpc) is 2.46. The van der Waals surface area contributed by atoms with Gasteiger partial charge in [-0.05, 0) is 12.0 Å². The SMILES string of the molecule is NC(=S)CN1CCN(C(=O)CCc2ccccc2)CC1. The summed E-state index contributed by atoms with van der Waals surface area (Å²) in [4.78, 5) is 16.8. The maximum Gasteiger partial charge on any atom is 0.222 e. The predicted molar refractivity (Wildman–Crippen MR) is 84.6 cm³/mol. The van der Waals surface area contributed by atoms with E-state index in [4.69, 9.17) is 18.0 Å².